The molecule has 0 bridgehead atoms. The molecule has 262 valence electrons. The molecule has 1 fully saturated rings. The summed E-state index contributed by atoms with van der Waals surface area (Å²) < 4.78 is 10.9. The molecule has 12 heteroatoms. The number of aliphatic hydroxyl groups excluding tert-OH is 1. The molecule has 2 heterocycles. The number of anilines is 2. The number of ether oxygens (including phenoxy) is 2. The lowest BCUT2D eigenvalue weighted by Gasteiger charge is -2.41. The summed E-state index contributed by atoms with van der Waals surface area (Å²) in [6, 6.07) is 28.1. The van der Waals surface area contributed by atoms with Crippen molar-refractivity contribution in [2.45, 2.75) is 31.8 Å². The van der Waals surface area contributed by atoms with Gasteiger partial charge in [0.05, 0.1) is 47.8 Å². The Morgan fingerprint density at radius 3 is 2.14 bits per heavy atom. The van der Waals surface area contributed by atoms with E-state index in [0.717, 1.165) is 16.7 Å². The number of carbonyl (C=O) groups is 1. The molecular weight excluding hydrogens is 675 g/mol. The van der Waals surface area contributed by atoms with Gasteiger partial charge in [-0.15, -0.1) is 0 Å². The largest absolute Gasteiger partial charge is 0.493 e. The smallest absolute Gasteiger partial charge is 0.227 e. The Bertz CT molecular complexity index is 1890. The normalized spacial score (nSPS) is 14.3. The minimum absolute atomic E-state index is 0.0605. The Balaban J connectivity index is 0.000000418. The van der Waals surface area contributed by atoms with E-state index in [9.17, 15) is 9.90 Å². The van der Waals surface area contributed by atoms with E-state index >= 15 is 0 Å². The van der Waals surface area contributed by atoms with Gasteiger partial charge in [0.15, 0.2) is 11.5 Å². The second-order valence-corrected chi connectivity index (χ2v) is 12.9. The molecule has 6 N–H and O–H groups in total. The number of amides is 1. The van der Waals surface area contributed by atoms with Crippen molar-refractivity contribution in [2.75, 3.05) is 44.5 Å². The molecule has 0 aliphatic carbocycles. The number of nitrogens with zero attached hydrogens (tertiary/aromatic N) is 3. The lowest BCUT2D eigenvalue weighted by molar-refractivity contribution is -0.133. The number of halogens is 2. The van der Waals surface area contributed by atoms with Crippen LogP contribution in [-0.4, -0.2) is 54.9 Å². The number of aliphatic hydroxyl groups is 1. The zero-order valence-corrected chi connectivity index (χ0v) is 29.6. The van der Waals surface area contributed by atoms with Gasteiger partial charge in [-0.25, -0.2) is 4.98 Å². The fourth-order valence-corrected chi connectivity index (χ4v) is 6.43. The average molecular weight is 718 g/mol. The molecule has 5 aromatic rings. The first-order valence-corrected chi connectivity index (χ1v) is 17.0. The van der Waals surface area contributed by atoms with Crippen molar-refractivity contribution in [1.29, 1.82) is 0 Å². The van der Waals surface area contributed by atoms with Crippen LogP contribution in [0.3, 0.4) is 0 Å². The molecule has 4 aromatic carbocycles. The van der Waals surface area contributed by atoms with E-state index in [-0.39, 0.29) is 12.5 Å². The first kappa shape index (κ1) is 36.7. The molecule has 1 unspecified atom stereocenters. The zero-order chi connectivity index (χ0) is 35.7. The Morgan fingerprint density at radius 1 is 0.900 bits per heavy atom. The third-order valence-corrected chi connectivity index (χ3v) is 9.74. The maximum atomic E-state index is 14.0. The van der Waals surface area contributed by atoms with Crippen molar-refractivity contribution in [2.24, 2.45) is 11.1 Å². The second-order valence-electron chi connectivity index (χ2n) is 12.1. The first-order valence-electron chi connectivity index (χ1n) is 16.3. The number of aromatic nitrogens is 2. The Kier molecular flexibility index (Phi) is 12.4. The molecule has 1 aliphatic rings. The predicted octanol–water partition coefficient (Wildman–Crippen LogP) is 6.36. The fourth-order valence-electron chi connectivity index (χ4n) is 6.11. The van der Waals surface area contributed by atoms with Crippen LogP contribution in [0.15, 0.2) is 91.0 Å². The molecule has 10 nitrogen and oxygen atoms in total. The second kappa shape index (κ2) is 16.9. The summed E-state index contributed by atoms with van der Waals surface area (Å²) in [5.74, 6) is 1.93. The molecule has 1 atom stereocenters. The van der Waals surface area contributed by atoms with Crippen LogP contribution in [-0.2, 0) is 17.8 Å². The fraction of sp³-hybridized carbons (Fsp3) is 0.289. The van der Waals surface area contributed by atoms with Crippen molar-refractivity contribution in [3.05, 3.63) is 118 Å². The van der Waals surface area contributed by atoms with E-state index in [1.165, 1.54) is 0 Å². The minimum atomic E-state index is -0.654. The Labute approximate surface area is 302 Å². The van der Waals surface area contributed by atoms with E-state index in [0.29, 0.717) is 83.1 Å². The summed E-state index contributed by atoms with van der Waals surface area (Å²) >= 11 is 11.4. The molecule has 6 rings (SSSR count). The van der Waals surface area contributed by atoms with Crippen molar-refractivity contribution in [3.8, 4) is 11.5 Å². The van der Waals surface area contributed by atoms with E-state index in [1.807, 2.05) is 54.6 Å². The molecule has 50 heavy (non-hydrogen) atoms. The number of nitrogens with one attached hydrogen (secondary N) is 1. The van der Waals surface area contributed by atoms with Gasteiger partial charge >= 0.3 is 0 Å². The van der Waals surface area contributed by atoms with E-state index < -0.39 is 11.5 Å². The monoisotopic (exact) mass is 716 g/mol. The third-order valence-electron chi connectivity index (χ3n) is 9.00. The quantitative estimate of drug-likeness (QED) is 0.130. The van der Waals surface area contributed by atoms with Gasteiger partial charge in [0.2, 0.25) is 11.9 Å². The van der Waals surface area contributed by atoms with Crippen LogP contribution >= 0.6 is 23.2 Å². The summed E-state index contributed by atoms with van der Waals surface area (Å²) in [7, 11) is 3.15. The Hall–Kier alpha value is -4.61. The van der Waals surface area contributed by atoms with E-state index in [4.69, 9.17) is 49.1 Å². The van der Waals surface area contributed by atoms with Gasteiger partial charge in [0, 0.05) is 31.1 Å². The van der Waals surface area contributed by atoms with Gasteiger partial charge in [-0.2, -0.15) is 4.98 Å². The number of fused-ring (bicyclic) bond motifs is 1. The first-order chi connectivity index (χ1) is 24.2. The van der Waals surface area contributed by atoms with E-state index in [2.05, 4.69) is 27.3 Å². The van der Waals surface area contributed by atoms with Crippen molar-refractivity contribution < 1.29 is 19.4 Å². The van der Waals surface area contributed by atoms with Gasteiger partial charge in [0.25, 0.3) is 0 Å². The summed E-state index contributed by atoms with van der Waals surface area (Å²) in [5, 5.41) is 15.1. The molecule has 1 amide bonds. The third kappa shape index (κ3) is 8.57. The van der Waals surface area contributed by atoms with Gasteiger partial charge in [-0.3, -0.25) is 4.79 Å². The number of nitrogen functional groups attached to an aromatic ring is 1. The highest BCUT2D eigenvalue weighted by Gasteiger charge is 2.42. The molecule has 1 aliphatic heterocycles. The number of rotatable bonds is 10. The summed E-state index contributed by atoms with van der Waals surface area (Å²) in [4.78, 5) is 25.4. The van der Waals surface area contributed by atoms with Crippen LogP contribution in [0.2, 0.25) is 10.0 Å². The topological polar surface area (TPSA) is 149 Å². The van der Waals surface area contributed by atoms with Crippen molar-refractivity contribution in [3.63, 3.8) is 0 Å². The predicted molar refractivity (Wildman–Crippen MR) is 200 cm³/mol. The molecule has 1 aromatic heterocycles. The number of piperidine rings is 1. The summed E-state index contributed by atoms with van der Waals surface area (Å²) in [6.07, 6.45) is 1.78. The van der Waals surface area contributed by atoms with Crippen LogP contribution < -0.4 is 31.2 Å². The minimum Gasteiger partial charge on any atom is -0.493 e. The highest BCUT2D eigenvalue weighted by molar-refractivity contribution is 6.42. The number of benzene rings is 4. The van der Waals surface area contributed by atoms with Crippen LogP contribution in [0.25, 0.3) is 10.9 Å². The van der Waals surface area contributed by atoms with Crippen LogP contribution in [0.4, 0.5) is 11.8 Å². The zero-order valence-electron chi connectivity index (χ0n) is 28.1. The van der Waals surface area contributed by atoms with Crippen molar-refractivity contribution >= 4 is 51.8 Å². The van der Waals surface area contributed by atoms with Crippen LogP contribution in [0, 0.1) is 5.41 Å². The number of hydrogen-bond donors (Lipinski definition) is 4. The van der Waals surface area contributed by atoms with Gasteiger partial charge < -0.3 is 36.3 Å². The Morgan fingerprint density at radius 2 is 1.54 bits per heavy atom. The van der Waals surface area contributed by atoms with Crippen LogP contribution in [0.5, 0.6) is 11.5 Å². The summed E-state index contributed by atoms with van der Waals surface area (Å²) in [5.41, 5.74) is 14.7. The lowest BCUT2D eigenvalue weighted by Crippen LogP contribution is -2.51. The number of methoxy groups -OCH3 is 2. The summed E-state index contributed by atoms with van der Waals surface area (Å²) in [6.45, 7) is 1.47. The van der Waals surface area contributed by atoms with Gasteiger partial charge in [0.1, 0.15) is 5.82 Å². The number of nitrogens with two attached hydrogens (primary N) is 2. The highest BCUT2D eigenvalue weighted by atomic mass is 35.5. The molecule has 1 saturated heterocycles. The lowest BCUT2D eigenvalue weighted by atomic mass is 9.72. The highest BCUT2D eigenvalue weighted by Crippen LogP contribution is 2.39. The van der Waals surface area contributed by atoms with Gasteiger partial charge in [-0.05, 0) is 54.2 Å². The standard InChI is InChI=1S/C31H35N5O4.C7H7Cl2N/c1-39-26-17-23-24(18-27(26)40-2)34-30(35-28(23)32)36-15-13-31(14-16-36,19-21-9-5-3-6-10-21)29(38)33-25(20-37)22-11-7-4-8-12-22;8-6-2-1-5(4-10)3-7(6)9/h3-12,17-18,25,37H,13-16,19-20H2,1-2H3,(H,33,38)(H2,32,34,35);1-3H,4,10H2. The van der Waals surface area contributed by atoms with Crippen molar-refractivity contribution in [1.82, 2.24) is 15.3 Å². The maximum Gasteiger partial charge on any atom is 0.227 e. The molecule has 0 spiro atoms. The SMILES string of the molecule is COc1cc2nc(N3CCC(Cc4ccccc4)(C(=O)NC(CO)c4ccccc4)CC3)nc(N)c2cc1OC.NCc1ccc(Cl)c(Cl)c1. The van der Waals surface area contributed by atoms with Gasteiger partial charge in [-0.1, -0.05) is 89.9 Å². The number of hydrogen-bond acceptors (Lipinski definition) is 9. The van der Waals surface area contributed by atoms with E-state index in [1.54, 1.807) is 38.5 Å². The molecule has 0 saturated carbocycles. The molecule has 0 radical (unpaired) electrons. The maximum absolute atomic E-state index is 14.0. The van der Waals surface area contributed by atoms with Crippen LogP contribution in [0.1, 0.15) is 35.6 Å². The molecular formula is C38H42Cl2N6O4. The average Bonchev–Trinajstić information content (AvgIpc) is 3.15. The number of carbonyl (C=O) groups excluding carboxylic acids is 1.